The Morgan fingerprint density at radius 1 is 0.292 bits per heavy atom. The van der Waals surface area contributed by atoms with Crippen molar-refractivity contribution in [3.05, 3.63) is 35.9 Å². The maximum atomic E-state index is 2.76. The summed E-state index contributed by atoms with van der Waals surface area (Å²) in [6.07, 6.45) is 52.4. The van der Waals surface area contributed by atoms with Crippen molar-refractivity contribution in [1.29, 1.82) is 0 Å². The summed E-state index contributed by atoms with van der Waals surface area (Å²) in [4.78, 5) is 2.76. The van der Waals surface area contributed by atoms with Gasteiger partial charge in [-0.1, -0.05) is 262 Å². The second-order valence-electron chi connectivity index (χ2n) is 15.8. The lowest BCUT2D eigenvalue weighted by Crippen LogP contribution is -2.25. The molecule has 0 fully saturated rings. The minimum absolute atomic E-state index is 1.14. The molecule has 0 unspecified atom stereocenters. The van der Waals surface area contributed by atoms with Crippen LogP contribution in [-0.4, -0.2) is 18.0 Å². The fourth-order valence-corrected chi connectivity index (χ4v) is 7.59. The molecule has 1 nitrogen and oxygen atoms in total. The fourth-order valence-electron chi connectivity index (χ4n) is 7.59. The summed E-state index contributed by atoms with van der Waals surface area (Å²) in [6, 6.07) is 11.2. The third-order valence-corrected chi connectivity index (χ3v) is 10.9. The van der Waals surface area contributed by atoms with E-state index in [-0.39, 0.29) is 0 Å². The molecule has 0 saturated heterocycles. The average molecular weight is 668 g/mol. The molecule has 0 saturated carbocycles. The SMILES string of the molecule is CCCCCCCCCCCCCCCCCCCCN(CCCCCCCCCCCCCCCCCCCC)Cc1ccccc1. The summed E-state index contributed by atoms with van der Waals surface area (Å²) in [7, 11) is 0. The van der Waals surface area contributed by atoms with Crippen LogP contribution in [0, 0.1) is 0 Å². The summed E-state index contributed by atoms with van der Waals surface area (Å²) in [5.74, 6) is 0. The molecule has 1 rings (SSSR count). The van der Waals surface area contributed by atoms with E-state index in [4.69, 9.17) is 0 Å². The molecule has 0 amide bonds. The third kappa shape index (κ3) is 33.7. The molecule has 0 bridgehead atoms. The summed E-state index contributed by atoms with van der Waals surface area (Å²) in [5, 5.41) is 0. The molecule has 0 aliphatic rings. The normalized spacial score (nSPS) is 11.6. The first-order valence-electron chi connectivity index (χ1n) is 22.6. The zero-order valence-electron chi connectivity index (χ0n) is 33.4. The van der Waals surface area contributed by atoms with Gasteiger partial charge in [-0.3, -0.25) is 4.90 Å². The van der Waals surface area contributed by atoms with Crippen LogP contribution in [0.3, 0.4) is 0 Å². The number of unbranched alkanes of at least 4 members (excludes halogenated alkanes) is 34. The Hall–Kier alpha value is -0.820. The third-order valence-electron chi connectivity index (χ3n) is 10.9. The van der Waals surface area contributed by atoms with Crippen LogP contribution in [0.15, 0.2) is 30.3 Å². The molecule has 0 heterocycles. The zero-order valence-corrected chi connectivity index (χ0v) is 33.4. The summed E-state index contributed by atoms with van der Waals surface area (Å²) in [6.45, 7) is 8.33. The van der Waals surface area contributed by atoms with Crippen molar-refractivity contribution in [3.63, 3.8) is 0 Å². The first-order chi connectivity index (χ1) is 23.9. The number of nitrogens with zero attached hydrogens (tertiary/aromatic N) is 1. The van der Waals surface area contributed by atoms with Gasteiger partial charge in [-0.15, -0.1) is 0 Å². The lowest BCUT2D eigenvalue weighted by molar-refractivity contribution is 0.252. The molecule has 0 atom stereocenters. The van der Waals surface area contributed by atoms with Crippen molar-refractivity contribution in [3.8, 4) is 0 Å². The van der Waals surface area contributed by atoms with E-state index < -0.39 is 0 Å². The Balaban J connectivity index is 1.95. The van der Waals surface area contributed by atoms with Gasteiger partial charge < -0.3 is 0 Å². The molecule has 0 spiro atoms. The summed E-state index contributed by atoms with van der Waals surface area (Å²) < 4.78 is 0. The fraction of sp³-hybridized carbons (Fsp3) is 0.872. The molecule has 1 aromatic rings. The lowest BCUT2D eigenvalue weighted by Gasteiger charge is -2.22. The van der Waals surface area contributed by atoms with Crippen LogP contribution in [0.2, 0.25) is 0 Å². The van der Waals surface area contributed by atoms with Crippen molar-refractivity contribution in [2.24, 2.45) is 0 Å². The van der Waals surface area contributed by atoms with Gasteiger partial charge in [0.05, 0.1) is 0 Å². The van der Waals surface area contributed by atoms with Crippen molar-refractivity contribution < 1.29 is 0 Å². The number of hydrogen-bond acceptors (Lipinski definition) is 1. The Morgan fingerprint density at radius 2 is 0.521 bits per heavy atom. The summed E-state index contributed by atoms with van der Waals surface area (Å²) in [5.41, 5.74) is 1.49. The molecule has 0 aliphatic carbocycles. The van der Waals surface area contributed by atoms with Gasteiger partial charge in [0.1, 0.15) is 0 Å². The largest absolute Gasteiger partial charge is 0.299 e. The zero-order chi connectivity index (χ0) is 34.3. The van der Waals surface area contributed by atoms with E-state index in [0.717, 1.165) is 6.54 Å². The van der Waals surface area contributed by atoms with E-state index in [1.165, 1.54) is 250 Å². The monoisotopic (exact) mass is 668 g/mol. The van der Waals surface area contributed by atoms with E-state index >= 15 is 0 Å². The van der Waals surface area contributed by atoms with Crippen molar-refractivity contribution in [2.45, 2.75) is 252 Å². The van der Waals surface area contributed by atoms with Crippen LogP contribution in [0.1, 0.15) is 251 Å². The van der Waals surface area contributed by atoms with Gasteiger partial charge in [0.15, 0.2) is 0 Å². The van der Waals surface area contributed by atoms with Gasteiger partial charge in [0.25, 0.3) is 0 Å². The molecule has 1 aromatic carbocycles. The van der Waals surface area contributed by atoms with E-state index in [0.29, 0.717) is 0 Å². The van der Waals surface area contributed by atoms with E-state index in [9.17, 15) is 0 Å². The number of rotatable bonds is 40. The first kappa shape index (κ1) is 45.2. The lowest BCUT2D eigenvalue weighted by atomic mass is 10.0. The predicted octanol–water partition coefficient (Wildman–Crippen LogP) is 16.6. The highest BCUT2D eigenvalue weighted by Gasteiger charge is 2.06. The minimum atomic E-state index is 1.14. The Labute approximate surface area is 304 Å². The van der Waals surface area contributed by atoms with Gasteiger partial charge in [0, 0.05) is 6.54 Å². The Morgan fingerprint density at radius 3 is 0.771 bits per heavy atom. The highest BCUT2D eigenvalue weighted by atomic mass is 15.1. The highest BCUT2D eigenvalue weighted by molar-refractivity contribution is 5.14. The highest BCUT2D eigenvalue weighted by Crippen LogP contribution is 2.17. The minimum Gasteiger partial charge on any atom is -0.299 e. The van der Waals surface area contributed by atoms with Crippen LogP contribution < -0.4 is 0 Å². The Bertz CT molecular complexity index is 658. The molecule has 0 N–H and O–H groups in total. The van der Waals surface area contributed by atoms with E-state index in [1.807, 2.05) is 0 Å². The van der Waals surface area contributed by atoms with Gasteiger partial charge in [-0.05, 0) is 31.5 Å². The molecular weight excluding hydrogens is 579 g/mol. The van der Waals surface area contributed by atoms with Gasteiger partial charge in [-0.25, -0.2) is 0 Å². The predicted molar refractivity (Wildman–Crippen MR) is 219 cm³/mol. The molecule has 0 aromatic heterocycles. The van der Waals surface area contributed by atoms with Gasteiger partial charge >= 0.3 is 0 Å². The first-order valence-corrected chi connectivity index (χ1v) is 22.6. The molecule has 282 valence electrons. The van der Waals surface area contributed by atoms with E-state index in [1.54, 1.807) is 0 Å². The summed E-state index contributed by atoms with van der Waals surface area (Å²) >= 11 is 0. The maximum absolute atomic E-state index is 2.76. The second kappa shape index (κ2) is 39.0. The van der Waals surface area contributed by atoms with Crippen LogP contribution >= 0.6 is 0 Å². The molecule has 48 heavy (non-hydrogen) atoms. The van der Waals surface area contributed by atoms with Gasteiger partial charge in [0.2, 0.25) is 0 Å². The van der Waals surface area contributed by atoms with Crippen molar-refractivity contribution in [2.75, 3.05) is 13.1 Å². The van der Waals surface area contributed by atoms with Gasteiger partial charge in [-0.2, -0.15) is 0 Å². The van der Waals surface area contributed by atoms with E-state index in [2.05, 4.69) is 49.1 Å². The molecule has 0 aliphatic heterocycles. The van der Waals surface area contributed by atoms with Crippen LogP contribution in [0.4, 0.5) is 0 Å². The van der Waals surface area contributed by atoms with Crippen molar-refractivity contribution >= 4 is 0 Å². The van der Waals surface area contributed by atoms with Crippen molar-refractivity contribution in [1.82, 2.24) is 4.90 Å². The molecular formula is C47H89N. The van der Waals surface area contributed by atoms with Crippen LogP contribution in [0.25, 0.3) is 0 Å². The average Bonchev–Trinajstić information content (AvgIpc) is 3.10. The molecule has 1 heteroatoms. The smallest absolute Gasteiger partial charge is 0.0233 e. The Kier molecular flexibility index (Phi) is 36.7. The molecule has 0 radical (unpaired) electrons. The quantitative estimate of drug-likeness (QED) is 0.0630. The topological polar surface area (TPSA) is 3.24 Å². The van der Waals surface area contributed by atoms with Crippen LogP contribution in [0.5, 0.6) is 0 Å². The number of hydrogen-bond donors (Lipinski definition) is 0. The second-order valence-corrected chi connectivity index (χ2v) is 15.8. The standard InChI is InChI=1S/C47H89N/c1-3-5-7-9-11-13-15-17-19-21-23-25-27-29-31-33-35-40-44-48(46-47-42-38-37-39-43-47)45-41-36-34-32-30-28-26-24-22-20-18-16-14-12-10-8-6-4-2/h37-39,42-43H,3-36,40-41,44-46H2,1-2H3. The maximum Gasteiger partial charge on any atom is 0.0233 e. The number of benzene rings is 1. The van der Waals surface area contributed by atoms with Crippen LogP contribution in [-0.2, 0) is 6.54 Å².